The van der Waals surface area contributed by atoms with Crippen LogP contribution in [0.3, 0.4) is 0 Å². The first kappa shape index (κ1) is 24.4. The minimum atomic E-state index is 0. The highest BCUT2D eigenvalue weighted by molar-refractivity contribution is 4.82. The Labute approximate surface area is 176 Å². The van der Waals surface area contributed by atoms with Crippen LogP contribution in [0.4, 0.5) is 0 Å². The van der Waals surface area contributed by atoms with Crippen molar-refractivity contribution in [1.29, 1.82) is 10.5 Å². The Morgan fingerprint density at radius 3 is 1.54 bits per heavy atom. The Balaban J connectivity index is 0.00000312. The fourth-order valence-electron chi connectivity index (χ4n) is 2.93. The number of aromatic nitrogens is 4. The molecule has 26 heavy (non-hydrogen) atoms. The van der Waals surface area contributed by atoms with Gasteiger partial charge in [0.05, 0.1) is 38.1 Å². The van der Waals surface area contributed by atoms with E-state index < -0.39 is 0 Å². The summed E-state index contributed by atoms with van der Waals surface area (Å²) < 4.78 is 8.79. The molecule has 0 bridgehead atoms. The molecule has 0 N–H and O–H groups in total. The second kappa shape index (κ2) is 12.7. The molecule has 0 fully saturated rings. The quantitative estimate of drug-likeness (QED) is 0.267. The minimum absolute atomic E-state index is 0. The van der Waals surface area contributed by atoms with Crippen molar-refractivity contribution in [3.05, 3.63) is 36.4 Å². The number of hydrogen-bond acceptors (Lipinski definition) is 2. The fourth-order valence-corrected chi connectivity index (χ4v) is 2.93. The van der Waals surface area contributed by atoms with E-state index in [-0.39, 0.29) is 34.0 Å². The highest BCUT2D eigenvalue weighted by atomic mass is 79.9. The summed E-state index contributed by atoms with van der Waals surface area (Å²) in [6.07, 6.45) is 11.6. The van der Waals surface area contributed by atoms with Crippen molar-refractivity contribution in [3.63, 3.8) is 0 Å². The monoisotopic (exact) mass is 484 g/mol. The standard InChI is InChI=1S/C18H26N6.2BrH/c1-17-21(13-15-23(17)11-5-7-19)9-3-4-10-22-14-16-24(18(22)2)12-6-8-20;;/h13-16H,3-6,9-12H2,1-2H3;2*1H/q+2;;/p-2. The maximum atomic E-state index is 8.69. The highest BCUT2D eigenvalue weighted by Crippen LogP contribution is 2.03. The molecule has 2 rings (SSSR count). The van der Waals surface area contributed by atoms with Crippen molar-refractivity contribution in [2.45, 2.75) is 65.7 Å². The highest BCUT2D eigenvalue weighted by Gasteiger charge is 2.13. The van der Waals surface area contributed by atoms with Crippen LogP contribution in [0.25, 0.3) is 0 Å². The Morgan fingerprint density at radius 1 is 0.808 bits per heavy atom. The van der Waals surface area contributed by atoms with Crippen molar-refractivity contribution in [3.8, 4) is 12.1 Å². The molecular formula is C18H26Br2N6. The summed E-state index contributed by atoms with van der Waals surface area (Å²) in [4.78, 5) is 0. The predicted molar refractivity (Wildman–Crippen MR) is 88.4 cm³/mol. The molecule has 0 saturated carbocycles. The van der Waals surface area contributed by atoms with Crippen molar-refractivity contribution in [1.82, 2.24) is 9.13 Å². The lowest BCUT2D eigenvalue weighted by Gasteiger charge is -2.02. The molecule has 142 valence electrons. The summed E-state index contributed by atoms with van der Waals surface area (Å²) in [6, 6.07) is 4.38. The van der Waals surface area contributed by atoms with E-state index in [1.807, 2.05) is 0 Å². The van der Waals surface area contributed by atoms with Crippen LogP contribution >= 0.6 is 0 Å². The summed E-state index contributed by atoms with van der Waals surface area (Å²) in [5, 5.41) is 17.4. The third-order valence-electron chi connectivity index (χ3n) is 4.49. The van der Waals surface area contributed by atoms with Gasteiger partial charge in [0.15, 0.2) is 0 Å². The molecule has 0 amide bonds. The Hall–Kier alpha value is -1.64. The third kappa shape index (κ3) is 6.59. The van der Waals surface area contributed by atoms with Crippen LogP contribution in [0.2, 0.25) is 0 Å². The zero-order valence-electron chi connectivity index (χ0n) is 15.4. The lowest BCUT2D eigenvalue weighted by molar-refractivity contribution is -0.701. The van der Waals surface area contributed by atoms with Gasteiger partial charge in [0.25, 0.3) is 11.6 Å². The van der Waals surface area contributed by atoms with Gasteiger partial charge in [-0.3, -0.25) is 0 Å². The van der Waals surface area contributed by atoms with E-state index in [2.05, 4.69) is 69.0 Å². The first-order valence-corrected chi connectivity index (χ1v) is 8.51. The third-order valence-corrected chi connectivity index (χ3v) is 4.49. The van der Waals surface area contributed by atoms with Gasteiger partial charge >= 0.3 is 0 Å². The number of nitrogens with zero attached hydrogens (tertiary/aromatic N) is 6. The molecule has 2 aromatic heterocycles. The van der Waals surface area contributed by atoms with Crippen LogP contribution in [0, 0.1) is 36.5 Å². The first-order chi connectivity index (χ1) is 11.7. The Kier molecular flexibility index (Phi) is 11.9. The molecule has 8 heteroatoms. The van der Waals surface area contributed by atoms with Crippen LogP contribution < -0.4 is 43.1 Å². The predicted octanol–water partition coefficient (Wildman–Crippen LogP) is -4.20. The molecule has 2 heterocycles. The van der Waals surface area contributed by atoms with Gasteiger partial charge in [0, 0.05) is 13.8 Å². The van der Waals surface area contributed by atoms with Gasteiger partial charge in [0.1, 0.15) is 37.9 Å². The molecule has 2 aromatic rings. The van der Waals surface area contributed by atoms with Crippen molar-refractivity contribution in [2.75, 3.05) is 0 Å². The molecule has 0 radical (unpaired) electrons. The van der Waals surface area contributed by atoms with E-state index in [9.17, 15) is 0 Å². The molecule has 0 saturated heterocycles. The summed E-state index contributed by atoms with van der Waals surface area (Å²) in [5.41, 5.74) is 0. The molecule has 6 nitrogen and oxygen atoms in total. The zero-order valence-corrected chi connectivity index (χ0v) is 18.6. The van der Waals surface area contributed by atoms with Gasteiger partial charge in [0.2, 0.25) is 0 Å². The Morgan fingerprint density at radius 2 is 1.19 bits per heavy atom. The Bertz CT molecular complexity index is 687. The topological polar surface area (TPSA) is 65.2 Å². The first-order valence-electron chi connectivity index (χ1n) is 8.51. The fraction of sp³-hybridized carbons (Fsp3) is 0.556. The summed E-state index contributed by atoms with van der Waals surface area (Å²) in [5.74, 6) is 2.41. The number of imidazole rings is 2. The zero-order chi connectivity index (χ0) is 17.4. The molecule has 0 unspecified atom stereocenters. The summed E-state index contributed by atoms with van der Waals surface area (Å²) in [6.45, 7) is 7.73. The van der Waals surface area contributed by atoms with Crippen LogP contribution in [0.5, 0.6) is 0 Å². The average molecular weight is 486 g/mol. The average Bonchev–Trinajstić information content (AvgIpc) is 3.11. The number of nitriles is 2. The van der Waals surface area contributed by atoms with Crippen LogP contribution in [-0.2, 0) is 26.2 Å². The largest absolute Gasteiger partial charge is 1.00 e. The van der Waals surface area contributed by atoms with E-state index in [0.29, 0.717) is 12.8 Å². The van der Waals surface area contributed by atoms with Gasteiger partial charge < -0.3 is 34.0 Å². The molecule has 0 aliphatic carbocycles. The van der Waals surface area contributed by atoms with Gasteiger partial charge in [-0.1, -0.05) is 0 Å². The smallest absolute Gasteiger partial charge is 0.253 e. The van der Waals surface area contributed by atoms with Gasteiger partial charge in [-0.25, -0.2) is 18.3 Å². The molecule has 0 aliphatic rings. The number of hydrogen-bond donors (Lipinski definition) is 0. The lowest BCUT2D eigenvalue weighted by Crippen LogP contribution is -3.00. The van der Waals surface area contributed by atoms with Gasteiger partial charge in [-0.05, 0) is 12.8 Å². The molecular weight excluding hydrogens is 460 g/mol. The van der Waals surface area contributed by atoms with E-state index in [4.69, 9.17) is 10.5 Å². The van der Waals surface area contributed by atoms with Crippen molar-refractivity contribution in [2.24, 2.45) is 0 Å². The van der Waals surface area contributed by atoms with Crippen molar-refractivity contribution < 1.29 is 43.1 Å². The molecule has 0 aliphatic heterocycles. The van der Waals surface area contributed by atoms with Gasteiger partial charge in [-0.15, -0.1) is 0 Å². The lowest BCUT2D eigenvalue weighted by atomic mass is 10.3. The van der Waals surface area contributed by atoms with Gasteiger partial charge in [-0.2, -0.15) is 10.5 Å². The SMILES string of the molecule is Cc1n(CCCCn2cc[n+](CCC#N)c2C)cc[n+]1CCC#N.[Br-].[Br-]. The van der Waals surface area contributed by atoms with Crippen LogP contribution in [0.1, 0.15) is 37.3 Å². The van der Waals surface area contributed by atoms with E-state index in [0.717, 1.165) is 39.0 Å². The van der Waals surface area contributed by atoms with Crippen LogP contribution in [0.15, 0.2) is 24.8 Å². The second-order valence-corrected chi connectivity index (χ2v) is 5.99. The normalized spacial score (nSPS) is 9.69. The second-order valence-electron chi connectivity index (χ2n) is 5.99. The molecule has 0 aromatic carbocycles. The number of rotatable bonds is 9. The molecule has 0 spiro atoms. The summed E-state index contributed by atoms with van der Waals surface area (Å²) in [7, 11) is 0. The maximum absolute atomic E-state index is 8.69. The summed E-state index contributed by atoms with van der Waals surface area (Å²) >= 11 is 0. The van der Waals surface area contributed by atoms with E-state index >= 15 is 0 Å². The van der Waals surface area contributed by atoms with Crippen LogP contribution in [-0.4, -0.2) is 9.13 Å². The van der Waals surface area contributed by atoms with Crippen molar-refractivity contribution >= 4 is 0 Å². The molecule has 0 atom stereocenters. The number of halogens is 2. The number of aryl methyl sites for hydroxylation is 4. The van der Waals surface area contributed by atoms with E-state index in [1.165, 1.54) is 11.6 Å². The minimum Gasteiger partial charge on any atom is -1.00 e. The van der Waals surface area contributed by atoms with E-state index in [1.54, 1.807) is 0 Å². The maximum Gasteiger partial charge on any atom is 0.253 e. The number of unbranched alkanes of at least 4 members (excludes halogenated alkanes) is 1.